The first-order valence-electron chi connectivity index (χ1n) is 5.48. The number of nitrogens with zero attached hydrogens (tertiary/aromatic N) is 1. The summed E-state index contributed by atoms with van der Waals surface area (Å²) in [5.41, 5.74) is 4.62. The number of hydrogen-bond acceptors (Lipinski definition) is 3. The van der Waals surface area contributed by atoms with Gasteiger partial charge in [0.2, 0.25) is 0 Å². The first kappa shape index (κ1) is 12.5. The van der Waals surface area contributed by atoms with Crippen LogP contribution in [0.4, 0.5) is 5.69 Å². The Morgan fingerprint density at radius 3 is 2.33 bits per heavy atom. The summed E-state index contributed by atoms with van der Waals surface area (Å²) in [7, 11) is 1.63. The number of rotatable bonds is 4. The van der Waals surface area contributed by atoms with Gasteiger partial charge in [0.1, 0.15) is 5.75 Å². The lowest BCUT2D eigenvalue weighted by atomic mass is 10.2. The topological polar surface area (TPSA) is 33.6 Å². The monoisotopic (exact) mass is 260 g/mol. The lowest BCUT2D eigenvalue weighted by molar-refractivity contribution is 0.415. The predicted molar refractivity (Wildman–Crippen MR) is 75.4 cm³/mol. The molecule has 0 radical (unpaired) electrons. The number of para-hydroxylation sites is 1. The molecule has 0 aliphatic heterocycles. The fourth-order valence-electron chi connectivity index (χ4n) is 1.42. The van der Waals surface area contributed by atoms with Crippen molar-refractivity contribution in [2.45, 2.75) is 0 Å². The van der Waals surface area contributed by atoms with E-state index in [1.165, 1.54) is 0 Å². The SMILES string of the molecule is COc1ccc(/C(Cl)=N\Nc2ccccc2)cc1. The molecule has 4 heteroatoms. The minimum Gasteiger partial charge on any atom is -0.497 e. The highest BCUT2D eigenvalue weighted by Gasteiger charge is 2.00. The van der Waals surface area contributed by atoms with E-state index in [0.717, 1.165) is 17.0 Å². The van der Waals surface area contributed by atoms with Gasteiger partial charge in [-0.25, -0.2) is 0 Å². The van der Waals surface area contributed by atoms with E-state index >= 15 is 0 Å². The van der Waals surface area contributed by atoms with Crippen molar-refractivity contribution in [3.8, 4) is 5.75 Å². The Morgan fingerprint density at radius 1 is 1.06 bits per heavy atom. The van der Waals surface area contributed by atoms with Crippen LogP contribution in [0.1, 0.15) is 5.56 Å². The van der Waals surface area contributed by atoms with Crippen molar-refractivity contribution in [3.05, 3.63) is 60.2 Å². The maximum atomic E-state index is 6.10. The normalized spacial score (nSPS) is 11.1. The molecule has 0 aliphatic carbocycles. The second-order valence-electron chi connectivity index (χ2n) is 3.61. The van der Waals surface area contributed by atoms with Crippen LogP contribution >= 0.6 is 11.6 Å². The van der Waals surface area contributed by atoms with Crippen molar-refractivity contribution < 1.29 is 4.74 Å². The Morgan fingerprint density at radius 2 is 1.72 bits per heavy atom. The van der Waals surface area contributed by atoms with E-state index in [-0.39, 0.29) is 0 Å². The molecule has 0 spiro atoms. The smallest absolute Gasteiger partial charge is 0.156 e. The van der Waals surface area contributed by atoms with Gasteiger partial charge in [-0.05, 0) is 36.4 Å². The highest BCUT2D eigenvalue weighted by Crippen LogP contribution is 2.14. The summed E-state index contributed by atoms with van der Waals surface area (Å²) in [6.45, 7) is 0. The average molecular weight is 261 g/mol. The highest BCUT2D eigenvalue weighted by atomic mass is 35.5. The number of ether oxygens (including phenoxy) is 1. The molecule has 92 valence electrons. The highest BCUT2D eigenvalue weighted by molar-refractivity contribution is 6.69. The van der Waals surface area contributed by atoms with Crippen LogP contribution in [0.3, 0.4) is 0 Å². The molecule has 0 bridgehead atoms. The number of hydrogen-bond donors (Lipinski definition) is 1. The fraction of sp³-hybridized carbons (Fsp3) is 0.0714. The van der Waals surface area contributed by atoms with Crippen LogP contribution in [-0.2, 0) is 0 Å². The minimum absolute atomic E-state index is 0.404. The van der Waals surface area contributed by atoms with Crippen LogP contribution < -0.4 is 10.2 Å². The van der Waals surface area contributed by atoms with Gasteiger partial charge in [0.15, 0.2) is 5.17 Å². The Labute approximate surface area is 111 Å². The molecular formula is C14H13ClN2O. The Bertz CT molecular complexity index is 523. The summed E-state index contributed by atoms with van der Waals surface area (Å²) in [4.78, 5) is 0. The molecule has 2 aromatic carbocycles. The average Bonchev–Trinajstić information content (AvgIpc) is 2.46. The molecule has 0 unspecified atom stereocenters. The van der Waals surface area contributed by atoms with Crippen molar-refractivity contribution in [2.75, 3.05) is 12.5 Å². The Hall–Kier alpha value is -2.00. The van der Waals surface area contributed by atoms with Crippen molar-refractivity contribution in [1.82, 2.24) is 0 Å². The van der Waals surface area contributed by atoms with Crippen molar-refractivity contribution >= 4 is 22.5 Å². The third kappa shape index (κ3) is 3.25. The van der Waals surface area contributed by atoms with Crippen LogP contribution in [0, 0.1) is 0 Å². The minimum atomic E-state index is 0.404. The van der Waals surface area contributed by atoms with E-state index in [9.17, 15) is 0 Å². The van der Waals surface area contributed by atoms with Gasteiger partial charge >= 0.3 is 0 Å². The molecule has 0 saturated carbocycles. The quantitative estimate of drug-likeness (QED) is 0.672. The molecule has 0 aliphatic rings. The largest absolute Gasteiger partial charge is 0.497 e. The van der Waals surface area contributed by atoms with E-state index < -0.39 is 0 Å². The summed E-state index contributed by atoms with van der Waals surface area (Å²) in [5.74, 6) is 0.791. The number of anilines is 1. The molecule has 0 fully saturated rings. The predicted octanol–water partition coefficient (Wildman–Crippen LogP) is 3.71. The second kappa shape index (κ2) is 6.07. The summed E-state index contributed by atoms with van der Waals surface area (Å²) in [6, 6.07) is 17.0. The van der Waals surface area contributed by atoms with Gasteiger partial charge < -0.3 is 4.74 Å². The molecule has 0 heterocycles. The molecule has 0 saturated heterocycles. The van der Waals surface area contributed by atoms with Crippen LogP contribution in [0.25, 0.3) is 0 Å². The summed E-state index contributed by atoms with van der Waals surface area (Å²) in [6.07, 6.45) is 0. The first-order chi connectivity index (χ1) is 8.79. The molecule has 3 nitrogen and oxygen atoms in total. The van der Waals surface area contributed by atoms with Gasteiger partial charge in [0.25, 0.3) is 0 Å². The van der Waals surface area contributed by atoms with E-state index in [2.05, 4.69) is 10.5 Å². The van der Waals surface area contributed by atoms with Crippen LogP contribution in [0.15, 0.2) is 59.7 Å². The van der Waals surface area contributed by atoms with E-state index in [1.807, 2.05) is 54.6 Å². The van der Waals surface area contributed by atoms with E-state index in [4.69, 9.17) is 16.3 Å². The zero-order valence-electron chi connectivity index (χ0n) is 9.93. The maximum absolute atomic E-state index is 6.10. The maximum Gasteiger partial charge on any atom is 0.156 e. The van der Waals surface area contributed by atoms with Gasteiger partial charge in [-0.1, -0.05) is 29.8 Å². The number of hydrazone groups is 1. The number of nitrogens with one attached hydrogen (secondary N) is 1. The summed E-state index contributed by atoms with van der Waals surface area (Å²) in [5, 5.41) is 4.52. The summed E-state index contributed by atoms with van der Waals surface area (Å²) < 4.78 is 5.08. The van der Waals surface area contributed by atoms with Gasteiger partial charge in [-0.3, -0.25) is 5.43 Å². The van der Waals surface area contributed by atoms with Crippen molar-refractivity contribution in [2.24, 2.45) is 5.10 Å². The van der Waals surface area contributed by atoms with Crippen LogP contribution in [0.5, 0.6) is 5.75 Å². The molecule has 2 aromatic rings. The number of benzene rings is 2. The third-order valence-electron chi connectivity index (χ3n) is 2.39. The van der Waals surface area contributed by atoms with Gasteiger partial charge in [-0.15, -0.1) is 0 Å². The molecule has 18 heavy (non-hydrogen) atoms. The summed E-state index contributed by atoms with van der Waals surface area (Å²) >= 11 is 6.10. The zero-order chi connectivity index (χ0) is 12.8. The van der Waals surface area contributed by atoms with Crippen molar-refractivity contribution in [3.63, 3.8) is 0 Å². The van der Waals surface area contributed by atoms with Gasteiger partial charge in [-0.2, -0.15) is 5.10 Å². The molecule has 0 amide bonds. The van der Waals surface area contributed by atoms with Gasteiger partial charge in [0.05, 0.1) is 12.8 Å². The third-order valence-corrected chi connectivity index (χ3v) is 2.69. The second-order valence-corrected chi connectivity index (χ2v) is 3.97. The van der Waals surface area contributed by atoms with Crippen molar-refractivity contribution in [1.29, 1.82) is 0 Å². The molecule has 0 atom stereocenters. The van der Waals surface area contributed by atoms with Crippen LogP contribution in [0.2, 0.25) is 0 Å². The fourth-order valence-corrected chi connectivity index (χ4v) is 1.59. The molecule has 1 N–H and O–H groups in total. The zero-order valence-corrected chi connectivity index (χ0v) is 10.7. The van der Waals surface area contributed by atoms with E-state index in [0.29, 0.717) is 5.17 Å². The number of methoxy groups -OCH3 is 1. The van der Waals surface area contributed by atoms with Crippen LogP contribution in [-0.4, -0.2) is 12.3 Å². The lowest BCUT2D eigenvalue weighted by Gasteiger charge is -2.03. The molecule has 2 rings (SSSR count). The van der Waals surface area contributed by atoms with E-state index in [1.54, 1.807) is 7.11 Å². The Balaban J connectivity index is 2.08. The lowest BCUT2D eigenvalue weighted by Crippen LogP contribution is -1.97. The molecule has 0 aromatic heterocycles. The molecular weight excluding hydrogens is 248 g/mol. The first-order valence-corrected chi connectivity index (χ1v) is 5.86. The van der Waals surface area contributed by atoms with Gasteiger partial charge in [0, 0.05) is 5.56 Å². The number of halogens is 1. The standard InChI is InChI=1S/C14H13ClN2O/c1-18-13-9-7-11(8-10-13)14(15)17-16-12-5-3-2-4-6-12/h2-10,16H,1H3/b17-14+. The Kier molecular flexibility index (Phi) is 4.20.